The molecule has 1 saturated carbocycles. The molecule has 33 heavy (non-hydrogen) atoms. The zero-order valence-electron chi connectivity index (χ0n) is 19.6. The first-order chi connectivity index (χ1) is 16.0. The molecule has 3 aromatic rings. The molecule has 1 aliphatic carbocycles. The minimum atomic E-state index is -0.999. The Morgan fingerprint density at radius 2 is 1.79 bits per heavy atom. The molecule has 2 amide bonds. The van der Waals surface area contributed by atoms with Crippen LogP contribution in [0.3, 0.4) is 0 Å². The SMILES string of the molecule is Cc1ccc(CN2C(=O)c3cc4occc4n3C[C@@]2(C)C(=O)NC2CCCCCCC2)cc1. The number of aryl methyl sites for hydroxylation is 1. The maximum absolute atomic E-state index is 13.9. The van der Waals surface area contributed by atoms with Crippen molar-refractivity contribution in [2.75, 3.05) is 0 Å². The zero-order valence-corrected chi connectivity index (χ0v) is 19.6. The van der Waals surface area contributed by atoms with Crippen molar-refractivity contribution in [3.63, 3.8) is 0 Å². The lowest BCUT2D eigenvalue weighted by atomic mass is 9.91. The molecular formula is C27H33N3O3. The minimum absolute atomic E-state index is 0.0652. The molecule has 1 aromatic carbocycles. The van der Waals surface area contributed by atoms with E-state index in [0.717, 1.165) is 36.8 Å². The third kappa shape index (κ3) is 4.07. The second kappa shape index (κ2) is 8.73. The topological polar surface area (TPSA) is 67.5 Å². The summed E-state index contributed by atoms with van der Waals surface area (Å²) in [6.45, 7) is 4.75. The van der Waals surface area contributed by atoms with E-state index in [-0.39, 0.29) is 17.9 Å². The summed E-state index contributed by atoms with van der Waals surface area (Å²) in [6, 6.07) is 12.0. The van der Waals surface area contributed by atoms with E-state index in [4.69, 9.17) is 4.42 Å². The van der Waals surface area contributed by atoms with Gasteiger partial charge >= 0.3 is 0 Å². The first kappa shape index (κ1) is 21.8. The molecule has 2 aliphatic rings. The molecule has 0 radical (unpaired) electrons. The molecule has 1 N–H and O–H groups in total. The first-order valence-electron chi connectivity index (χ1n) is 12.2. The van der Waals surface area contributed by atoms with Crippen LogP contribution in [-0.4, -0.2) is 32.9 Å². The van der Waals surface area contributed by atoms with Crippen LogP contribution < -0.4 is 5.32 Å². The number of nitrogens with zero attached hydrogens (tertiary/aromatic N) is 2. The van der Waals surface area contributed by atoms with Crippen molar-refractivity contribution in [1.82, 2.24) is 14.8 Å². The standard InChI is InChI=1S/C27H33N3O3/c1-19-10-12-20(13-11-19)17-30-25(31)23-16-24-22(14-15-33-24)29(23)18-27(30,2)26(32)28-21-8-6-4-3-5-7-9-21/h10-16,21H,3-9,17-18H2,1-2H3,(H,28,32)/t27-/m0/s1. The molecule has 5 rings (SSSR count). The molecule has 6 heteroatoms. The third-order valence-electron chi connectivity index (χ3n) is 7.44. The monoisotopic (exact) mass is 447 g/mol. The second-order valence-electron chi connectivity index (χ2n) is 9.95. The largest absolute Gasteiger partial charge is 0.463 e. The summed E-state index contributed by atoms with van der Waals surface area (Å²) < 4.78 is 7.52. The Balaban J connectivity index is 1.49. The molecule has 1 atom stereocenters. The van der Waals surface area contributed by atoms with Crippen LogP contribution >= 0.6 is 0 Å². The van der Waals surface area contributed by atoms with E-state index in [1.165, 1.54) is 24.8 Å². The number of rotatable bonds is 4. The molecule has 3 heterocycles. The summed E-state index contributed by atoms with van der Waals surface area (Å²) in [5.74, 6) is -0.201. The highest BCUT2D eigenvalue weighted by Crippen LogP contribution is 2.34. The van der Waals surface area contributed by atoms with Crippen LogP contribution in [0.15, 0.2) is 47.1 Å². The molecule has 174 valence electrons. The van der Waals surface area contributed by atoms with Gasteiger partial charge in [0.05, 0.1) is 18.3 Å². The lowest BCUT2D eigenvalue weighted by molar-refractivity contribution is -0.134. The van der Waals surface area contributed by atoms with Crippen LogP contribution in [-0.2, 0) is 17.9 Å². The van der Waals surface area contributed by atoms with Crippen LogP contribution in [0.4, 0.5) is 0 Å². The van der Waals surface area contributed by atoms with E-state index in [2.05, 4.69) is 5.32 Å². The fourth-order valence-corrected chi connectivity index (χ4v) is 5.34. The Labute approximate surface area is 194 Å². The van der Waals surface area contributed by atoms with Gasteiger partial charge in [-0.1, -0.05) is 61.9 Å². The van der Waals surface area contributed by atoms with Crippen LogP contribution in [0.5, 0.6) is 0 Å². The summed E-state index contributed by atoms with van der Waals surface area (Å²) in [6.07, 6.45) is 9.68. The Bertz CT molecular complexity index is 1150. The number of hydrogen-bond donors (Lipinski definition) is 1. The van der Waals surface area contributed by atoms with Gasteiger partial charge in [-0.25, -0.2) is 0 Å². The normalized spacial score (nSPS) is 22.1. The van der Waals surface area contributed by atoms with Gasteiger partial charge in [0.1, 0.15) is 11.2 Å². The van der Waals surface area contributed by atoms with E-state index >= 15 is 0 Å². The molecule has 0 saturated heterocycles. The molecule has 6 nitrogen and oxygen atoms in total. The smallest absolute Gasteiger partial charge is 0.271 e. The Morgan fingerprint density at radius 1 is 1.09 bits per heavy atom. The second-order valence-corrected chi connectivity index (χ2v) is 9.95. The van der Waals surface area contributed by atoms with Crippen LogP contribution in [0.25, 0.3) is 11.1 Å². The van der Waals surface area contributed by atoms with Gasteiger partial charge in [0, 0.05) is 24.7 Å². The number of fused-ring (bicyclic) bond motifs is 3. The van der Waals surface area contributed by atoms with E-state index in [9.17, 15) is 9.59 Å². The number of benzene rings is 1. The van der Waals surface area contributed by atoms with Crippen molar-refractivity contribution in [2.24, 2.45) is 0 Å². The van der Waals surface area contributed by atoms with E-state index in [0.29, 0.717) is 24.4 Å². The van der Waals surface area contributed by atoms with Gasteiger partial charge in [0.15, 0.2) is 5.58 Å². The predicted molar refractivity (Wildman–Crippen MR) is 128 cm³/mol. The zero-order chi connectivity index (χ0) is 23.0. The number of carbonyl (C=O) groups is 2. The maximum Gasteiger partial charge on any atom is 0.271 e. The fraction of sp³-hybridized carbons (Fsp3) is 0.481. The minimum Gasteiger partial charge on any atom is -0.463 e. The number of amides is 2. The quantitative estimate of drug-likeness (QED) is 0.599. The van der Waals surface area contributed by atoms with Crippen molar-refractivity contribution < 1.29 is 14.0 Å². The number of hydrogen-bond acceptors (Lipinski definition) is 3. The van der Waals surface area contributed by atoms with Gasteiger partial charge in [-0.05, 0) is 32.3 Å². The van der Waals surface area contributed by atoms with Crippen molar-refractivity contribution in [3.05, 3.63) is 59.5 Å². The summed E-state index contributed by atoms with van der Waals surface area (Å²) >= 11 is 0. The van der Waals surface area contributed by atoms with Gasteiger partial charge < -0.3 is 19.2 Å². The summed E-state index contributed by atoms with van der Waals surface area (Å²) in [5, 5.41) is 3.34. The summed E-state index contributed by atoms with van der Waals surface area (Å²) in [7, 11) is 0. The Kier molecular flexibility index (Phi) is 5.77. The van der Waals surface area contributed by atoms with Crippen LogP contribution in [0.2, 0.25) is 0 Å². The molecule has 1 aliphatic heterocycles. The van der Waals surface area contributed by atoms with E-state index < -0.39 is 5.54 Å². The average molecular weight is 448 g/mol. The predicted octanol–water partition coefficient (Wildman–Crippen LogP) is 5.19. The highest BCUT2D eigenvalue weighted by molar-refractivity contribution is 6.02. The van der Waals surface area contributed by atoms with E-state index in [1.54, 1.807) is 17.2 Å². The maximum atomic E-state index is 13.9. The van der Waals surface area contributed by atoms with Crippen molar-refractivity contribution in [1.29, 1.82) is 0 Å². The van der Waals surface area contributed by atoms with Gasteiger partial charge in [-0.3, -0.25) is 9.59 Å². The number of nitrogens with one attached hydrogen (secondary N) is 1. The van der Waals surface area contributed by atoms with Gasteiger partial charge in [0.25, 0.3) is 5.91 Å². The lowest BCUT2D eigenvalue weighted by Crippen LogP contribution is -2.64. The van der Waals surface area contributed by atoms with Crippen LogP contribution in [0.1, 0.15) is 73.5 Å². The Hall–Kier alpha value is -3.02. The molecule has 2 aromatic heterocycles. The lowest BCUT2D eigenvalue weighted by Gasteiger charge is -2.44. The molecular weight excluding hydrogens is 414 g/mol. The van der Waals surface area contributed by atoms with Crippen molar-refractivity contribution in [3.8, 4) is 0 Å². The number of aromatic nitrogens is 1. The van der Waals surface area contributed by atoms with Gasteiger partial charge in [-0.15, -0.1) is 0 Å². The third-order valence-corrected chi connectivity index (χ3v) is 7.44. The van der Waals surface area contributed by atoms with E-state index in [1.807, 2.05) is 48.7 Å². The van der Waals surface area contributed by atoms with Crippen molar-refractivity contribution in [2.45, 2.75) is 83.5 Å². The molecule has 0 spiro atoms. The fourth-order valence-electron chi connectivity index (χ4n) is 5.34. The summed E-state index contributed by atoms with van der Waals surface area (Å²) in [5.41, 5.74) is 3.30. The summed E-state index contributed by atoms with van der Waals surface area (Å²) in [4.78, 5) is 29.4. The number of carbonyl (C=O) groups excluding carboxylic acids is 2. The van der Waals surface area contributed by atoms with Crippen LogP contribution in [0, 0.1) is 6.92 Å². The van der Waals surface area contributed by atoms with Gasteiger partial charge in [-0.2, -0.15) is 0 Å². The average Bonchev–Trinajstić information content (AvgIpc) is 3.36. The molecule has 0 unspecified atom stereocenters. The first-order valence-corrected chi connectivity index (χ1v) is 12.2. The van der Waals surface area contributed by atoms with Crippen molar-refractivity contribution >= 4 is 22.9 Å². The molecule has 0 bridgehead atoms. The number of furan rings is 1. The highest BCUT2D eigenvalue weighted by atomic mass is 16.3. The highest BCUT2D eigenvalue weighted by Gasteiger charge is 2.48. The Morgan fingerprint density at radius 3 is 2.52 bits per heavy atom. The molecule has 1 fully saturated rings. The van der Waals surface area contributed by atoms with Gasteiger partial charge in [0.2, 0.25) is 5.91 Å².